The molecule has 25 heavy (non-hydrogen) atoms. The topological polar surface area (TPSA) is 36.9 Å². The Morgan fingerprint density at radius 2 is 1.52 bits per heavy atom. The zero-order chi connectivity index (χ0) is 19.3. The maximum absolute atomic E-state index is 6.24. The first-order valence-electron chi connectivity index (χ1n) is 8.71. The predicted octanol–water partition coefficient (Wildman–Crippen LogP) is 5.57. The number of hydrogen-bond donors (Lipinski definition) is 0. The van der Waals surface area contributed by atoms with Crippen LogP contribution in [0.5, 0.6) is 17.2 Å². The number of allylic oxidation sites excluding steroid dienone is 1. The fraction of sp³-hybridized carbons (Fsp3) is 0.600. The summed E-state index contributed by atoms with van der Waals surface area (Å²) in [6, 6.07) is 4.00. The summed E-state index contributed by atoms with van der Waals surface area (Å²) >= 11 is 0. The summed E-state index contributed by atoms with van der Waals surface area (Å²) in [6.45, 7) is 15.3. The molecule has 0 aliphatic heterocycles. The van der Waals surface area contributed by atoms with Crippen molar-refractivity contribution >= 4 is 8.32 Å². The molecule has 0 N–H and O–H groups in total. The Morgan fingerprint density at radius 3 is 1.92 bits per heavy atom. The molecule has 0 amide bonds. The highest BCUT2D eigenvalue weighted by molar-refractivity contribution is 6.74. The smallest absolute Gasteiger partial charge is 0.250 e. The first-order chi connectivity index (χ1) is 11.6. The zero-order valence-corrected chi connectivity index (χ0v) is 18.1. The van der Waals surface area contributed by atoms with Gasteiger partial charge in [0.05, 0.1) is 27.1 Å². The van der Waals surface area contributed by atoms with Gasteiger partial charge in [-0.15, -0.1) is 0 Å². The van der Waals surface area contributed by atoms with Crippen LogP contribution in [0.4, 0.5) is 0 Å². The Morgan fingerprint density at radius 1 is 1.00 bits per heavy atom. The number of benzene rings is 1. The van der Waals surface area contributed by atoms with Gasteiger partial charge in [-0.2, -0.15) is 0 Å². The van der Waals surface area contributed by atoms with E-state index >= 15 is 0 Å². The molecule has 0 atom stereocenters. The number of hydrogen-bond acceptors (Lipinski definition) is 4. The standard InChI is InChI=1S/C20H34O4Si/c1-15(24-25(8,9)20(2,3)4)11-10-12-16-13-17(21-5)19(23-7)18(14-16)22-6/h13-14H,1,10-12H2,2-9H3. The van der Waals surface area contributed by atoms with Crippen LogP contribution in [-0.4, -0.2) is 29.6 Å². The minimum Gasteiger partial charge on any atom is -0.547 e. The highest BCUT2D eigenvalue weighted by Gasteiger charge is 2.39. The van der Waals surface area contributed by atoms with Gasteiger partial charge in [-0.25, -0.2) is 0 Å². The van der Waals surface area contributed by atoms with Crippen molar-refractivity contribution in [3.63, 3.8) is 0 Å². The van der Waals surface area contributed by atoms with Gasteiger partial charge in [0.2, 0.25) is 14.1 Å². The number of ether oxygens (including phenoxy) is 3. The van der Waals surface area contributed by atoms with Crippen LogP contribution in [0, 0.1) is 0 Å². The lowest BCUT2D eigenvalue weighted by Crippen LogP contribution is -2.40. The molecule has 0 fully saturated rings. The van der Waals surface area contributed by atoms with Crippen molar-refractivity contribution in [1.82, 2.24) is 0 Å². The van der Waals surface area contributed by atoms with Crippen LogP contribution in [-0.2, 0) is 10.8 Å². The number of methoxy groups -OCH3 is 3. The fourth-order valence-corrected chi connectivity index (χ4v) is 3.46. The van der Waals surface area contributed by atoms with Gasteiger partial charge in [-0.3, -0.25) is 0 Å². The molecular weight excluding hydrogens is 332 g/mol. The first-order valence-corrected chi connectivity index (χ1v) is 11.6. The molecular formula is C20H34O4Si. The third-order valence-corrected chi connectivity index (χ3v) is 9.26. The largest absolute Gasteiger partial charge is 0.547 e. The Labute approximate surface area is 154 Å². The number of aryl methyl sites for hydroxylation is 1. The van der Waals surface area contributed by atoms with Crippen LogP contribution in [0.1, 0.15) is 39.2 Å². The first kappa shape index (κ1) is 21.4. The van der Waals surface area contributed by atoms with E-state index in [1.165, 1.54) is 0 Å². The third kappa shape index (κ3) is 5.70. The monoisotopic (exact) mass is 366 g/mol. The molecule has 1 aromatic carbocycles. The maximum Gasteiger partial charge on any atom is 0.250 e. The third-order valence-electron chi connectivity index (χ3n) is 4.85. The quantitative estimate of drug-likeness (QED) is 0.423. The van der Waals surface area contributed by atoms with Crippen LogP contribution in [0.25, 0.3) is 0 Å². The highest BCUT2D eigenvalue weighted by Crippen LogP contribution is 2.39. The van der Waals surface area contributed by atoms with E-state index in [2.05, 4.69) is 40.4 Å². The molecule has 0 aliphatic carbocycles. The van der Waals surface area contributed by atoms with Crippen molar-refractivity contribution in [2.45, 2.75) is 58.2 Å². The van der Waals surface area contributed by atoms with Gasteiger partial charge in [0.1, 0.15) is 0 Å². The molecule has 0 unspecified atom stereocenters. The highest BCUT2D eigenvalue weighted by atomic mass is 28.4. The van der Waals surface area contributed by atoms with Gasteiger partial charge in [0.25, 0.3) is 0 Å². The van der Waals surface area contributed by atoms with E-state index in [1.54, 1.807) is 21.3 Å². The van der Waals surface area contributed by atoms with E-state index in [1.807, 2.05) is 12.1 Å². The zero-order valence-electron chi connectivity index (χ0n) is 17.1. The molecule has 0 aliphatic rings. The van der Waals surface area contributed by atoms with E-state index in [-0.39, 0.29) is 5.04 Å². The Kier molecular flexibility index (Phi) is 7.41. The fourth-order valence-electron chi connectivity index (χ4n) is 2.33. The Balaban J connectivity index is 2.69. The van der Waals surface area contributed by atoms with Crippen molar-refractivity contribution < 1.29 is 18.6 Å². The average molecular weight is 367 g/mol. The lowest BCUT2D eigenvalue weighted by atomic mass is 10.1. The molecule has 1 aromatic rings. The molecule has 0 radical (unpaired) electrons. The van der Waals surface area contributed by atoms with E-state index in [0.717, 1.165) is 30.6 Å². The second-order valence-corrected chi connectivity index (χ2v) is 12.5. The summed E-state index contributed by atoms with van der Waals surface area (Å²) in [5.41, 5.74) is 1.15. The van der Waals surface area contributed by atoms with Crippen molar-refractivity contribution in [2.24, 2.45) is 0 Å². The Hall–Kier alpha value is -1.62. The van der Waals surface area contributed by atoms with Crippen molar-refractivity contribution in [3.05, 3.63) is 30.0 Å². The molecule has 5 heteroatoms. The summed E-state index contributed by atoms with van der Waals surface area (Å²) < 4.78 is 22.4. The normalized spacial score (nSPS) is 11.8. The summed E-state index contributed by atoms with van der Waals surface area (Å²) in [7, 11) is 3.09. The molecule has 142 valence electrons. The minimum atomic E-state index is -1.80. The van der Waals surface area contributed by atoms with Crippen LogP contribution < -0.4 is 14.2 Å². The van der Waals surface area contributed by atoms with Gasteiger partial charge in [-0.05, 0) is 48.7 Å². The molecule has 0 heterocycles. The lowest BCUT2D eigenvalue weighted by Gasteiger charge is -2.37. The lowest BCUT2D eigenvalue weighted by molar-refractivity contribution is 0.323. The van der Waals surface area contributed by atoms with Crippen LogP contribution in [0.15, 0.2) is 24.5 Å². The van der Waals surface area contributed by atoms with Gasteiger partial charge < -0.3 is 18.6 Å². The van der Waals surface area contributed by atoms with Crippen molar-refractivity contribution in [1.29, 1.82) is 0 Å². The maximum atomic E-state index is 6.24. The van der Waals surface area contributed by atoms with E-state index in [0.29, 0.717) is 17.2 Å². The SMILES string of the molecule is C=C(CCCc1cc(OC)c(OC)c(OC)c1)O[Si](C)(C)C(C)(C)C. The second kappa shape index (κ2) is 8.65. The average Bonchev–Trinajstić information content (AvgIpc) is 2.52. The molecule has 4 nitrogen and oxygen atoms in total. The van der Waals surface area contributed by atoms with Crippen LogP contribution in [0.2, 0.25) is 18.1 Å². The van der Waals surface area contributed by atoms with Crippen LogP contribution in [0.3, 0.4) is 0 Å². The molecule has 0 aromatic heterocycles. The van der Waals surface area contributed by atoms with Gasteiger partial charge >= 0.3 is 0 Å². The second-order valence-electron chi connectivity index (χ2n) is 7.79. The molecule has 0 spiro atoms. The van der Waals surface area contributed by atoms with Crippen LogP contribution >= 0.6 is 0 Å². The van der Waals surface area contributed by atoms with Gasteiger partial charge in [0, 0.05) is 6.42 Å². The van der Waals surface area contributed by atoms with Gasteiger partial charge in [0.15, 0.2) is 11.5 Å². The van der Waals surface area contributed by atoms with E-state index in [9.17, 15) is 0 Å². The predicted molar refractivity (Wildman–Crippen MR) is 106 cm³/mol. The van der Waals surface area contributed by atoms with Crippen molar-refractivity contribution in [2.75, 3.05) is 21.3 Å². The summed E-state index contributed by atoms with van der Waals surface area (Å²) in [5, 5.41) is 0.187. The van der Waals surface area contributed by atoms with Crippen molar-refractivity contribution in [3.8, 4) is 17.2 Å². The van der Waals surface area contributed by atoms with Gasteiger partial charge in [-0.1, -0.05) is 27.4 Å². The summed E-state index contributed by atoms with van der Waals surface area (Å²) in [5.74, 6) is 2.89. The molecule has 0 saturated heterocycles. The number of rotatable bonds is 9. The molecule has 0 saturated carbocycles. The van der Waals surface area contributed by atoms with E-state index in [4.69, 9.17) is 18.6 Å². The summed E-state index contributed by atoms with van der Waals surface area (Å²) in [4.78, 5) is 0. The molecule has 0 bridgehead atoms. The van der Waals surface area contributed by atoms with E-state index < -0.39 is 8.32 Å². The molecule has 1 rings (SSSR count). The minimum absolute atomic E-state index is 0.187. The summed E-state index contributed by atoms with van der Waals surface area (Å²) in [6.07, 6.45) is 2.71. The Bertz CT molecular complexity index is 563.